The number of piperidine rings is 1. The number of hydrogen-bond donors (Lipinski definition) is 3. The molecule has 0 saturated carbocycles. The number of para-hydroxylation sites is 1. The van der Waals surface area contributed by atoms with Gasteiger partial charge in [0.15, 0.2) is 0 Å². The molecule has 1 aliphatic heterocycles. The van der Waals surface area contributed by atoms with E-state index in [1.54, 1.807) is 12.1 Å². The third kappa shape index (κ3) is 3.94. The summed E-state index contributed by atoms with van der Waals surface area (Å²) in [6.45, 7) is 5.58. The Kier molecular flexibility index (Phi) is 5.01. The molecule has 1 aliphatic rings. The van der Waals surface area contributed by atoms with Gasteiger partial charge < -0.3 is 10.6 Å². The van der Waals surface area contributed by atoms with E-state index >= 15 is 0 Å². The smallest absolute Gasteiger partial charge is 0.242 e. The van der Waals surface area contributed by atoms with Gasteiger partial charge in [-0.3, -0.25) is 0 Å². The molecule has 0 atom stereocenters. The summed E-state index contributed by atoms with van der Waals surface area (Å²) in [5.41, 5.74) is 0.688. The van der Waals surface area contributed by atoms with Crippen LogP contribution in [0.5, 0.6) is 0 Å². The molecule has 1 aromatic carbocycles. The van der Waals surface area contributed by atoms with Crippen molar-refractivity contribution in [3.8, 4) is 0 Å². The zero-order chi connectivity index (χ0) is 14.6. The topological polar surface area (TPSA) is 70.2 Å². The van der Waals surface area contributed by atoms with Crippen molar-refractivity contribution in [1.82, 2.24) is 10.0 Å². The largest absolute Gasteiger partial charge is 0.381 e. The molecule has 20 heavy (non-hydrogen) atoms. The molecule has 0 spiro atoms. The lowest BCUT2D eigenvalue weighted by Crippen LogP contribution is -2.36. The minimum Gasteiger partial charge on any atom is -0.381 e. The lowest BCUT2D eigenvalue weighted by Gasteiger charge is -2.26. The highest BCUT2D eigenvalue weighted by atomic mass is 32.2. The van der Waals surface area contributed by atoms with E-state index in [1.807, 2.05) is 26.0 Å². The van der Waals surface area contributed by atoms with Crippen LogP contribution in [0.2, 0.25) is 0 Å². The SMILES string of the molecule is CC(C)NS(=O)(=O)c1ccccc1NC1CCNCC1. The Morgan fingerprint density at radius 2 is 1.85 bits per heavy atom. The van der Waals surface area contributed by atoms with E-state index < -0.39 is 10.0 Å². The number of hydrogen-bond acceptors (Lipinski definition) is 4. The highest BCUT2D eigenvalue weighted by Gasteiger charge is 2.21. The fourth-order valence-electron chi connectivity index (χ4n) is 2.38. The van der Waals surface area contributed by atoms with Gasteiger partial charge in [-0.2, -0.15) is 0 Å². The second-order valence-electron chi connectivity index (χ2n) is 5.44. The van der Waals surface area contributed by atoms with E-state index in [0.29, 0.717) is 16.6 Å². The van der Waals surface area contributed by atoms with E-state index in [-0.39, 0.29) is 6.04 Å². The molecule has 112 valence electrons. The summed E-state index contributed by atoms with van der Waals surface area (Å²) in [5.74, 6) is 0. The highest BCUT2D eigenvalue weighted by Crippen LogP contribution is 2.23. The van der Waals surface area contributed by atoms with E-state index in [4.69, 9.17) is 0 Å². The molecule has 0 unspecified atom stereocenters. The van der Waals surface area contributed by atoms with Crippen molar-refractivity contribution in [2.24, 2.45) is 0 Å². The van der Waals surface area contributed by atoms with E-state index in [2.05, 4.69) is 15.4 Å². The Morgan fingerprint density at radius 1 is 1.20 bits per heavy atom. The fraction of sp³-hybridized carbons (Fsp3) is 0.571. The lowest BCUT2D eigenvalue weighted by atomic mass is 10.1. The quantitative estimate of drug-likeness (QED) is 0.771. The summed E-state index contributed by atoms with van der Waals surface area (Å²) in [5, 5.41) is 6.67. The maximum absolute atomic E-state index is 12.3. The van der Waals surface area contributed by atoms with Gasteiger partial charge >= 0.3 is 0 Å². The Labute approximate surface area is 121 Å². The first-order valence-electron chi connectivity index (χ1n) is 7.07. The number of nitrogens with one attached hydrogen (secondary N) is 3. The standard InChI is InChI=1S/C14H23N3O2S/c1-11(2)17-20(18,19)14-6-4-3-5-13(14)16-12-7-9-15-10-8-12/h3-6,11-12,15-17H,7-10H2,1-2H3. The molecule has 0 bridgehead atoms. The summed E-state index contributed by atoms with van der Waals surface area (Å²) in [4.78, 5) is 0.326. The normalized spacial score (nSPS) is 17.4. The highest BCUT2D eigenvalue weighted by molar-refractivity contribution is 7.89. The minimum absolute atomic E-state index is 0.119. The fourth-order valence-corrected chi connectivity index (χ4v) is 3.80. The van der Waals surface area contributed by atoms with Gasteiger partial charge in [-0.15, -0.1) is 0 Å². The summed E-state index contributed by atoms with van der Waals surface area (Å²) in [7, 11) is -3.47. The minimum atomic E-state index is -3.47. The molecule has 1 heterocycles. The number of rotatable bonds is 5. The van der Waals surface area contributed by atoms with Crippen LogP contribution in [0, 0.1) is 0 Å². The summed E-state index contributed by atoms with van der Waals surface area (Å²) >= 11 is 0. The van der Waals surface area contributed by atoms with Crippen LogP contribution < -0.4 is 15.4 Å². The van der Waals surface area contributed by atoms with Crippen molar-refractivity contribution >= 4 is 15.7 Å². The molecule has 1 fully saturated rings. The van der Waals surface area contributed by atoms with Crippen molar-refractivity contribution in [2.45, 2.75) is 43.7 Å². The molecule has 0 aliphatic carbocycles. The first-order valence-corrected chi connectivity index (χ1v) is 8.56. The van der Waals surface area contributed by atoms with E-state index in [1.165, 1.54) is 0 Å². The van der Waals surface area contributed by atoms with Gasteiger partial charge in [0.05, 0.1) is 5.69 Å². The molecule has 6 heteroatoms. The Hall–Kier alpha value is -1.11. The van der Waals surface area contributed by atoms with Crippen molar-refractivity contribution < 1.29 is 8.42 Å². The van der Waals surface area contributed by atoms with Crippen molar-refractivity contribution in [3.63, 3.8) is 0 Å². The average Bonchev–Trinajstić information content (AvgIpc) is 2.39. The van der Waals surface area contributed by atoms with Gasteiger partial charge in [0, 0.05) is 12.1 Å². The molecular weight excluding hydrogens is 274 g/mol. The van der Waals surface area contributed by atoms with Gasteiger partial charge in [-0.1, -0.05) is 12.1 Å². The Balaban J connectivity index is 2.21. The average molecular weight is 297 g/mol. The van der Waals surface area contributed by atoms with Crippen molar-refractivity contribution in [2.75, 3.05) is 18.4 Å². The van der Waals surface area contributed by atoms with Gasteiger partial charge in [-0.05, 0) is 51.9 Å². The predicted octanol–water partition coefficient (Wildman–Crippen LogP) is 1.54. The predicted molar refractivity (Wildman–Crippen MR) is 81.4 cm³/mol. The third-order valence-corrected chi connectivity index (χ3v) is 4.98. The number of sulfonamides is 1. The molecule has 1 aromatic rings. The molecule has 1 saturated heterocycles. The lowest BCUT2D eigenvalue weighted by molar-refractivity contribution is 0.478. The number of anilines is 1. The van der Waals surface area contributed by atoms with Gasteiger partial charge in [0.2, 0.25) is 10.0 Å². The molecule has 0 amide bonds. The zero-order valence-corrected chi connectivity index (χ0v) is 12.8. The van der Waals surface area contributed by atoms with Crippen LogP contribution in [-0.2, 0) is 10.0 Å². The second kappa shape index (κ2) is 6.56. The van der Waals surface area contributed by atoms with Crippen LogP contribution >= 0.6 is 0 Å². The third-order valence-electron chi connectivity index (χ3n) is 3.27. The molecule has 3 N–H and O–H groups in total. The number of benzene rings is 1. The van der Waals surface area contributed by atoms with Crippen LogP contribution in [0.15, 0.2) is 29.2 Å². The summed E-state index contributed by atoms with van der Waals surface area (Å²) in [6, 6.07) is 7.30. The van der Waals surface area contributed by atoms with Crippen LogP contribution in [0.1, 0.15) is 26.7 Å². The molecule has 0 aromatic heterocycles. The van der Waals surface area contributed by atoms with Crippen LogP contribution in [-0.4, -0.2) is 33.6 Å². The molecule has 2 rings (SSSR count). The van der Waals surface area contributed by atoms with Crippen LogP contribution in [0.4, 0.5) is 5.69 Å². The van der Waals surface area contributed by atoms with Crippen molar-refractivity contribution in [1.29, 1.82) is 0 Å². The van der Waals surface area contributed by atoms with Crippen LogP contribution in [0.25, 0.3) is 0 Å². The Morgan fingerprint density at radius 3 is 2.50 bits per heavy atom. The summed E-state index contributed by atoms with van der Waals surface area (Å²) < 4.78 is 27.3. The molecular formula is C14H23N3O2S. The zero-order valence-electron chi connectivity index (χ0n) is 12.0. The first-order chi connectivity index (χ1) is 9.49. The van der Waals surface area contributed by atoms with E-state index in [9.17, 15) is 8.42 Å². The van der Waals surface area contributed by atoms with Crippen molar-refractivity contribution in [3.05, 3.63) is 24.3 Å². The molecule has 0 radical (unpaired) electrons. The Bertz CT molecular complexity index is 537. The van der Waals surface area contributed by atoms with Crippen LogP contribution in [0.3, 0.4) is 0 Å². The first kappa shape index (κ1) is 15.3. The summed E-state index contributed by atoms with van der Waals surface area (Å²) in [6.07, 6.45) is 2.01. The maximum Gasteiger partial charge on any atom is 0.242 e. The van der Waals surface area contributed by atoms with Gasteiger partial charge in [0.1, 0.15) is 4.90 Å². The monoisotopic (exact) mass is 297 g/mol. The molecule has 5 nitrogen and oxygen atoms in total. The second-order valence-corrected chi connectivity index (χ2v) is 7.12. The van der Waals surface area contributed by atoms with E-state index in [0.717, 1.165) is 25.9 Å². The van der Waals surface area contributed by atoms with Gasteiger partial charge in [0.25, 0.3) is 0 Å². The van der Waals surface area contributed by atoms with Gasteiger partial charge in [-0.25, -0.2) is 13.1 Å². The maximum atomic E-state index is 12.3.